The molecule has 2 aromatic carbocycles. The number of hydrogen-bond acceptors (Lipinski definition) is 2. The Balaban J connectivity index is 1.95. The molecular formula is C17H13ClN2OS. The van der Waals surface area contributed by atoms with Gasteiger partial charge >= 0.3 is 0 Å². The lowest BCUT2D eigenvalue weighted by Gasteiger charge is -2.15. The summed E-state index contributed by atoms with van der Waals surface area (Å²) in [5.41, 5.74) is 3.12. The summed E-state index contributed by atoms with van der Waals surface area (Å²) in [7, 11) is 0. The predicted octanol–water partition coefficient (Wildman–Crippen LogP) is 3.91. The van der Waals surface area contributed by atoms with Crippen LogP contribution in [0.1, 0.15) is 11.1 Å². The van der Waals surface area contributed by atoms with Gasteiger partial charge in [-0.15, -0.1) is 0 Å². The van der Waals surface area contributed by atoms with Gasteiger partial charge in [0.1, 0.15) is 5.70 Å². The third-order valence-corrected chi connectivity index (χ3v) is 3.96. The van der Waals surface area contributed by atoms with Crippen LogP contribution in [-0.2, 0) is 4.79 Å². The lowest BCUT2D eigenvalue weighted by molar-refractivity contribution is -0.113. The maximum Gasteiger partial charge on any atom is 0.281 e. The van der Waals surface area contributed by atoms with E-state index in [1.165, 1.54) is 10.5 Å². The third-order valence-electron chi connectivity index (χ3n) is 3.36. The number of amides is 1. The third kappa shape index (κ3) is 2.75. The zero-order valence-corrected chi connectivity index (χ0v) is 13.4. The van der Waals surface area contributed by atoms with Gasteiger partial charge in [-0.25, -0.2) is 0 Å². The molecule has 0 aliphatic carbocycles. The Morgan fingerprint density at radius 1 is 1.14 bits per heavy atom. The van der Waals surface area contributed by atoms with Gasteiger partial charge in [0.15, 0.2) is 5.11 Å². The molecule has 0 spiro atoms. The molecule has 1 saturated heterocycles. The fourth-order valence-corrected chi connectivity index (χ4v) is 2.73. The first-order valence-corrected chi connectivity index (χ1v) is 7.53. The highest BCUT2D eigenvalue weighted by atomic mass is 35.5. The molecule has 0 bridgehead atoms. The number of anilines is 1. The van der Waals surface area contributed by atoms with E-state index in [1.54, 1.807) is 18.2 Å². The van der Waals surface area contributed by atoms with Crippen LogP contribution in [0.4, 0.5) is 5.69 Å². The second-order valence-corrected chi connectivity index (χ2v) is 5.78. The number of carbonyl (C=O) groups excluding carboxylic acids is 1. The maximum atomic E-state index is 12.6. The Morgan fingerprint density at radius 2 is 1.82 bits per heavy atom. The Morgan fingerprint density at radius 3 is 2.50 bits per heavy atom. The van der Waals surface area contributed by atoms with Gasteiger partial charge in [0.2, 0.25) is 0 Å². The lowest BCUT2D eigenvalue weighted by atomic mass is 10.1. The summed E-state index contributed by atoms with van der Waals surface area (Å²) < 4.78 is 0. The Labute approximate surface area is 139 Å². The quantitative estimate of drug-likeness (QED) is 0.670. The average Bonchev–Trinajstić information content (AvgIpc) is 2.77. The molecule has 1 aliphatic rings. The van der Waals surface area contributed by atoms with Crippen LogP contribution in [0.2, 0.25) is 5.02 Å². The molecular weight excluding hydrogens is 316 g/mol. The molecule has 0 unspecified atom stereocenters. The van der Waals surface area contributed by atoms with E-state index in [-0.39, 0.29) is 5.91 Å². The fourth-order valence-electron chi connectivity index (χ4n) is 2.22. The molecule has 1 aliphatic heterocycles. The van der Waals surface area contributed by atoms with Gasteiger partial charge in [-0.2, -0.15) is 0 Å². The maximum absolute atomic E-state index is 12.6. The number of rotatable bonds is 2. The molecule has 1 fully saturated rings. The van der Waals surface area contributed by atoms with Crippen molar-refractivity contribution in [1.82, 2.24) is 5.32 Å². The number of carbonyl (C=O) groups is 1. The van der Waals surface area contributed by atoms with Crippen LogP contribution in [0.5, 0.6) is 0 Å². The summed E-state index contributed by atoms with van der Waals surface area (Å²) >= 11 is 11.4. The minimum Gasteiger partial charge on any atom is -0.327 e. The number of nitrogens with one attached hydrogen (secondary N) is 1. The van der Waals surface area contributed by atoms with Crippen molar-refractivity contribution in [3.63, 3.8) is 0 Å². The first-order chi connectivity index (χ1) is 10.6. The van der Waals surface area contributed by atoms with Gasteiger partial charge in [0, 0.05) is 0 Å². The minimum absolute atomic E-state index is 0.210. The predicted molar refractivity (Wildman–Crippen MR) is 93.8 cm³/mol. The molecule has 110 valence electrons. The van der Waals surface area contributed by atoms with Crippen LogP contribution in [0, 0.1) is 6.92 Å². The van der Waals surface area contributed by atoms with Crippen LogP contribution >= 0.6 is 23.8 Å². The van der Waals surface area contributed by atoms with Crippen LogP contribution in [0.3, 0.4) is 0 Å². The van der Waals surface area contributed by atoms with Crippen LogP contribution < -0.4 is 10.2 Å². The highest BCUT2D eigenvalue weighted by Crippen LogP contribution is 2.29. The van der Waals surface area contributed by atoms with Crippen molar-refractivity contribution in [3.8, 4) is 0 Å². The van der Waals surface area contributed by atoms with Crippen molar-refractivity contribution in [1.29, 1.82) is 0 Å². The van der Waals surface area contributed by atoms with E-state index in [2.05, 4.69) is 5.32 Å². The molecule has 0 aromatic heterocycles. The summed E-state index contributed by atoms with van der Waals surface area (Å²) in [5, 5.41) is 3.77. The molecule has 2 aromatic rings. The highest BCUT2D eigenvalue weighted by Gasteiger charge is 2.32. The molecule has 1 amide bonds. The largest absolute Gasteiger partial charge is 0.327 e. The summed E-state index contributed by atoms with van der Waals surface area (Å²) in [5.74, 6) is -0.210. The average molecular weight is 329 g/mol. The zero-order chi connectivity index (χ0) is 15.7. The summed E-state index contributed by atoms with van der Waals surface area (Å²) in [4.78, 5) is 14.0. The number of para-hydroxylation sites is 1. The van der Waals surface area contributed by atoms with E-state index >= 15 is 0 Å². The summed E-state index contributed by atoms with van der Waals surface area (Å²) in [6.07, 6.45) is 1.78. The standard InChI is InChI=1S/C17H13ClN2OS/c1-11-6-8-12(9-7-11)10-14-16(21)20(17(22)19-14)15-5-3-2-4-13(15)18/h2-10H,1H3,(H,19,22)/b14-10-. The van der Waals surface area contributed by atoms with E-state index < -0.39 is 0 Å². The number of halogens is 1. The second kappa shape index (κ2) is 5.91. The monoisotopic (exact) mass is 328 g/mol. The Bertz CT molecular complexity index is 784. The van der Waals surface area contributed by atoms with E-state index in [0.717, 1.165) is 5.56 Å². The van der Waals surface area contributed by atoms with Gasteiger partial charge in [0.05, 0.1) is 10.7 Å². The topological polar surface area (TPSA) is 32.3 Å². The van der Waals surface area contributed by atoms with E-state index in [0.29, 0.717) is 21.5 Å². The van der Waals surface area contributed by atoms with Gasteiger partial charge in [-0.3, -0.25) is 9.69 Å². The first kappa shape index (κ1) is 14.8. The van der Waals surface area contributed by atoms with Crippen LogP contribution in [-0.4, -0.2) is 11.0 Å². The molecule has 3 nitrogen and oxygen atoms in total. The molecule has 5 heteroatoms. The Kier molecular flexibility index (Phi) is 3.96. The van der Waals surface area contributed by atoms with Gasteiger partial charge in [0.25, 0.3) is 5.91 Å². The van der Waals surface area contributed by atoms with Crippen molar-refractivity contribution in [2.75, 3.05) is 4.90 Å². The molecule has 1 N–H and O–H groups in total. The van der Waals surface area contributed by atoms with Crippen LogP contribution in [0.25, 0.3) is 6.08 Å². The molecule has 0 saturated carbocycles. The van der Waals surface area contributed by atoms with Gasteiger partial charge in [-0.05, 0) is 42.9 Å². The van der Waals surface area contributed by atoms with Crippen LogP contribution in [0.15, 0.2) is 54.2 Å². The normalized spacial score (nSPS) is 16.3. The SMILES string of the molecule is Cc1ccc(/C=C2\NC(=S)N(c3ccccc3Cl)C2=O)cc1. The number of hydrogen-bond donors (Lipinski definition) is 1. The zero-order valence-electron chi connectivity index (χ0n) is 11.8. The fraction of sp³-hybridized carbons (Fsp3) is 0.0588. The van der Waals surface area contributed by atoms with E-state index in [9.17, 15) is 4.79 Å². The number of thiocarbonyl (C=S) groups is 1. The number of aryl methyl sites for hydroxylation is 1. The molecule has 3 rings (SSSR count). The molecule has 0 radical (unpaired) electrons. The summed E-state index contributed by atoms with van der Waals surface area (Å²) in [6.45, 7) is 2.02. The molecule has 0 atom stereocenters. The molecule has 22 heavy (non-hydrogen) atoms. The van der Waals surface area contributed by atoms with Crippen molar-refractivity contribution in [2.24, 2.45) is 0 Å². The van der Waals surface area contributed by atoms with Crippen molar-refractivity contribution < 1.29 is 4.79 Å². The van der Waals surface area contributed by atoms with E-state index in [1.807, 2.05) is 43.3 Å². The van der Waals surface area contributed by atoms with Crippen molar-refractivity contribution >= 4 is 46.6 Å². The molecule has 1 heterocycles. The van der Waals surface area contributed by atoms with Crippen molar-refractivity contribution in [2.45, 2.75) is 6.92 Å². The lowest BCUT2D eigenvalue weighted by Crippen LogP contribution is -2.30. The highest BCUT2D eigenvalue weighted by molar-refractivity contribution is 7.80. The Hall–Kier alpha value is -2.17. The smallest absolute Gasteiger partial charge is 0.281 e. The summed E-state index contributed by atoms with van der Waals surface area (Å²) in [6, 6.07) is 15.0. The van der Waals surface area contributed by atoms with Gasteiger partial charge < -0.3 is 5.32 Å². The number of benzene rings is 2. The van der Waals surface area contributed by atoms with Gasteiger partial charge in [-0.1, -0.05) is 53.6 Å². The van der Waals surface area contributed by atoms with E-state index in [4.69, 9.17) is 23.8 Å². The first-order valence-electron chi connectivity index (χ1n) is 6.74. The number of nitrogens with zero attached hydrogens (tertiary/aromatic N) is 1. The van der Waals surface area contributed by atoms with Crippen molar-refractivity contribution in [3.05, 3.63) is 70.4 Å². The second-order valence-electron chi connectivity index (χ2n) is 4.99. The minimum atomic E-state index is -0.210.